The number of allylic oxidation sites excluding steroid dienone is 2. The normalized spacial score (nSPS) is 34.4. The summed E-state index contributed by atoms with van der Waals surface area (Å²) in [6.07, 6.45) is 9.70. The van der Waals surface area contributed by atoms with Gasteiger partial charge in [0.25, 0.3) is 0 Å². The largest absolute Gasteiger partial charge is 0.507 e. The molecule has 2 aromatic carbocycles. The third-order valence-electron chi connectivity index (χ3n) is 17.2. The number of carboxylic acid groups (broad SMARTS) is 2. The summed E-state index contributed by atoms with van der Waals surface area (Å²) in [5.74, 6) is -3.29. The van der Waals surface area contributed by atoms with E-state index in [1.54, 1.807) is 0 Å². The molecule has 0 heterocycles. The quantitative estimate of drug-likeness (QED) is 0.0697. The first-order chi connectivity index (χ1) is 28.2. The molecule has 0 bridgehead atoms. The molecule has 0 amide bonds. The number of aryl methyl sites for hydroxylation is 2. The van der Waals surface area contributed by atoms with E-state index in [9.17, 15) is 49.8 Å². The fraction of sp³-hybridized carbons (Fsp3) is 0.633. The molecule has 0 spiro atoms. The summed E-state index contributed by atoms with van der Waals surface area (Å²) in [5.41, 5.74) is -0.0115. The summed E-state index contributed by atoms with van der Waals surface area (Å²) in [7, 11) is 1.31. The fourth-order valence-corrected chi connectivity index (χ4v) is 13.4. The van der Waals surface area contributed by atoms with Gasteiger partial charge in [-0.05, 0) is 147 Å². The van der Waals surface area contributed by atoms with Gasteiger partial charge in [-0.15, -0.1) is 0 Å². The Kier molecular flexibility index (Phi) is 11.7. The Labute approximate surface area is 359 Å². The van der Waals surface area contributed by atoms with Crippen molar-refractivity contribution in [3.63, 3.8) is 0 Å². The van der Waals surface area contributed by atoms with E-state index in [0.717, 1.165) is 44.9 Å². The number of aromatic hydroxyl groups is 2. The Hall–Kier alpha value is -4.42. The minimum Gasteiger partial charge on any atom is -0.507 e. The molecule has 0 saturated heterocycles. The molecule has 5 aliphatic rings. The molecule has 0 aromatic heterocycles. The summed E-state index contributed by atoms with van der Waals surface area (Å²) >= 11 is 0. The Bertz CT molecular complexity index is 2180. The number of carbonyl (C=O) groups is 4. The zero-order valence-electron chi connectivity index (χ0n) is 37.7. The highest BCUT2D eigenvalue weighted by Gasteiger charge is 2.71. The Morgan fingerprint density at radius 2 is 1.41 bits per heavy atom. The van der Waals surface area contributed by atoms with Crippen LogP contribution in [-0.2, 0) is 4.79 Å². The van der Waals surface area contributed by atoms with Crippen molar-refractivity contribution in [2.75, 3.05) is 7.11 Å². The van der Waals surface area contributed by atoms with Crippen molar-refractivity contribution in [3.8, 4) is 23.0 Å². The van der Waals surface area contributed by atoms with Crippen LogP contribution in [-0.4, -0.2) is 74.2 Å². The van der Waals surface area contributed by atoms with Crippen molar-refractivity contribution in [1.82, 2.24) is 0 Å². The van der Waals surface area contributed by atoms with E-state index in [2.05, 4.69) is 54.5 Å². The predicted molar refractivity (Wildman–Crippen MR) is 228 cm³/mol. The molecule has 4 saturated carbocycles. The number of ether oxygens (including phenoxy) is 2. The van der Waals surface area contributed by atoms with Crippen molar-refractivity contribution >= 4 is 24.2 Å². The van der Waals surface area contributed by atoms with Crippen LogP contribution in [0.3, 0.4) is 0 Å². The monoisotopic (exact) mass is 846 g/mol. The first-order valence-corrected chi connectivity index (χ1v) is 21.6. The number of benzene rings is 2. The molecule has 6 N–H and O–H groups in total. The Morgan fingerprint density at radius 3 is 2.00 bits per heavy atom. The fourth-order valence-electron chi connectivity index (χ4n) is 13.4. The molecule has 2 aromatic rings. The summed E-state index contributed by atoms with van der Waals surface area (Å²) < 4.78 is 10.3. The van der Waals surface area contributed by atoms with Crippen LogP contribution >= 0.6 is 0 Å². The molecule has 7 rings (SSSR count). The smallest absolute Gasteiger partial charge is 0.347 e. The summed E-state index contributed by atoms with van der Waals surface area (Å²) in [5, 5.41) is 62.5. The maximum atomic E-state index is 12.8. The molecular formula is C49H66O12. The number of aliphatic hydroxyl groups is 2. The van der Waals surface area contributed by atoms with E-state index < -0.39 is 40.9 Å². The lowest BCUT2D eigenvalue weighted by molar-refractivity contribution is -0.218. The van der Waals surface area contributed by atoms with Crippen LogP contribution in [0.25, 0.3) is 0 Å². The van der Waals surface area contributed by atoms with Crippen molar-refractivity contribution in [1.29, 1.82) is 0 Å². The molecule has 0 radical (unpaired) electrons. The van der Waals surface area contributed by atoms with Crippen LogP contribution in [0.5, 0.6) is 23.0 Å². The lowest BCUT2D eigenvalue weighted by atomic mass is 9.33. The summed E-state index contributed by atoms with van der Waals surface area (Å²) in [6.45, 7) is 20.8. The number of aliphatic hydroxyl groups excluding tert-OH is 2. The number of phenolic OH excluding ortho intramolecular Hbond substituents is 1. The third kappa shape index (κ3) is 6.85. The lowest BCUT2D eigenvalue weighted by Gasteiger charge is -2.71. The molecule has 334 valence electrons. The standard InChI is InChI=1S/C30H48O4.C19H18O8/c1-25(2)14-15-30(24(33)34)19(16-25)18-8-9-21-27(5)12-11-22(31)26(3,4)20(27)10-13-28(21,6)29(18,7)17-23(30)32;1-8-5-13(26-4)11(7-20)17(22)14(8)19(25)27-12-6-9(2)16(21)15(10(12)3)18(23)24/h8,19-23,31-32H,9-17H2,1-7H3,(H,33,34);5-7,21-22H,1-4H3,(H,23,24). The average Bonchev–Trinajstić information content (AvgIpc) is 3.15. The topological polar surface area (TPSA) is 208 Å². The molecule has 12 nitrogen and oxygen atoms in total. The van der Waals surface area contributed by atoms with Crippen LogP contribution < -0.4 is 9.47 Å². The van der Waals surface area contributed by atoms with Gasteiger partial charge in [0, 0.05) is 5.56 Å². The van der Waals surface area contributed by atoms with Gasteiger partial charge < -0.3 is 40.1 Å². The molecule has 9 unspecified atom stereocenters. The summed E-state index contributed by atoms with van der Waals surface area (Å²) in [6, 6.07) is 2.71. The number of methoxy groups -OCH3 is 1. The Balaban J connectivity index is 0.000000210. The zero-order valence-corrected chi connectivity index (χ0v) is 37.7. The molecule has 9 atom stereocenters. The number of carbonyl (C=O) groups excluding carboxylic acids is 2. The van der Waals surface area contributed by atoms with Gasteiger partial charge in [0.15, 0.2) is 6.29 Å². The highest BCUT2D eigenvalue weighted by molar-refractivity contribution is 6.01. The van der Waals surface area contributed by atoms with Gasteiger partial charge in [0.05, 0.1) is 24.9 Å². The van der Waals surface area contributed by atoms with E-state index in [1.807, 2.05) is 0 Å². The molecule has 0 aliphatic heterocycles. The number of aldehydes is 1. The number of phenols is 2. The molecular weight excluding hydrogens is 781 g/mol. The van der Waals surface area contributed by atoms with Crippen LogP contribution in [0.4, 0.5) is 0 Å². The SMILES string of the molecule is CC1(C)CCC2(C(=O)O)C(O)CC3(C)C(=CCC4C5(C)CCC(O)C(C)(C)C5CCC43C)C2C1.COc1cc(C)c(C(=O)Oc2cc(C)c(O)c(C(=O)O)c2C)c(O)c1C=O. The van der Waals surface area contributed by atoms with Gasteiger partial charge in [0.1, 0.15) is 39.5 Å². The average molecular weight is 847 g/mol. The Morgan fingerprint density at radius 1 is 0.770 bits per heavy atom. The van der Waals surface area contributed by atoms with Crippen LogP contribution in [0.2, 0.25) is 0 Å². The second-order valence-electron chi connectivity index (χ2n) is 21.0. The number of aliphatic carboxylic acids is 1. The number of carboxylic acids is 2. The highest BCUT2D eigenvalue weighted by Crippen LogP contribution is 2.75. The van der Waals surface area contributed by atoms with E-state index in [0.29, 0.717) is 36.5 Å². The van der Waals surface area contributed by atoms with E-state index in [1.165, 1.54) is 45.6 Å². The van der Waals surface area contributed by atoms with Gasteiger partial charge >= 0.3 is 17.9 Å². The van der Waals surface area contributed by atoms with Gasteiger partial charge in [-0.1, -0.05) is 60.1 Å². The zero-order chi connectivity index (χ0) is 45.6. The number of esters is 1. The van der Waals surface area contributed by atoms with Crippen LogP contribution in [0.15, 0.2) is 23.8 Å². The van der Waals surface area contributed by atoms with Crippen LogP contribution in [0.1, 0.15) is 154 Å². The minimum atomic E-state index is -1.38. The number of aromatic carboxylic acids is 1. The van der Waals surface area contributed by atoms with Crippen LogP contribution in [0, 0.1) is 71.0 Å². The molecule has 61 heavy (non-hydrogen) atoms. The van der Waals surface area contributed by atoms with Crippen molar-refractivity contribution in [2.45, 2.75) is 139 Å². The number of fused-ring (bicyclic) bond motifs is 7. The first kappa shape index (κ1) is 46.1. The molecule has 4 fully saturated rings. The maximum absolute atomic E-state index is 12.8. The second kappa shape index (κ2) is 15.4. The third-order valence-corrected chi connectivity index (χ3v) is 17.2. The van der Waals surface area contributed by atoms with Gasteiger partial charge in [-0.25, -0.2) is 9.59 Å². The van der Waals surface area contributed by atoms with Gasteiger partial charge in [0.2, 0.25) is 0 Å². The van der Waals surface area contributed by atoms with E-state index in [-0.39, 0.29) is 78.4 Å². The van der Waals surface area contributed by atoms with E-state index >= 15 is 0 Å². The second-order valence-corrected chi connectivity index (χ2v) is 21.0. The predicted octanol–water partition coefficient (Wildman–Crippen LogP) is 8.97. The van der Waals surface area contributed by atoms with Gasteiger partial charge in [-0.2, -0.15) is 0 Å². The number of hydrogen-bond acceptors (Lipinski definition) is 10. The minimum absolute atomic E-state index is 0.0218. The number of rotatable bonds is 6. The molecule has 5 aliphatic carbocycles. The lowest BCUT2D eigenvalue weighted by Crippen LogP contribution is -2.67. The summed E-state index contributed by atoms with van der Waals surface area (Å²) in [4.78, 5) is 48.0. The first-order valence-electron chi connectivity index (χ1n) is 21.6. The van der Waals surface area contributed by atoms with Crippen molar-refractivity contribution < 1.29 is 59.3 Å². The van der Waals surface area contributed by atoms with Crippen molar-refractivity contribution in [2.24, 2.45) is 50.2 Å². The van der Waals surface area contributed by atoms with Crippen molar-refractivity contribution in [3.05, 3.63) is 57.2 Å². The van der Waals surface area contributed by atoms with E-state index in [4.69, 9.17) is 9.47 Å². The van der Waals surface area contributed by atoms with Gasteiger partial charge in [-0.3, -0.25) is 9.59 Å². The highest BCUT2D eigenvalue weighted by atomic mass is 16.5. The maximum Gasteiger partial charge on any atom is 0.347 e. The number of hydrogen-bond donors (Lipinski definition) is 6. The molecule has 12 heteroatoms.